The smallest absolute Gasteiger partial charge is 0.333 e. The van der Waals surface area contributed by atoms with Crippen LogP contribution in [0.3, 0.4) is 0 Å². The van der Waals surface area contributed by atoms with Gasteiger partial charge in [0.05, 0.1) is 7.11 Å². The van der Waals surface area contributed by atoms with Gasteiger partial charge in [-0.25, -0.2) is 9.59 Å². The monoisotopic (exact) mass is 284 g/mol. The third kappa shape index (κ3) is 12.9. The Balaban J connectivity index is 0. The van der Waals surface area contributed by atoms with Crippen LogP contribution in [-0.2, 0) is 14.3 Å². The van der Waals surface area contributed by atoms with Gasteiger partial charge in [-0.05, 0) is 12.3 Å². The molecule has 1 unspecified atom stereocenters. The maximum atomic E-state index is 11.2. The fourth-order valence-corrected chi connectivity index (χ4v) is 1.71. The number of hydrogen-bond donors (Lipinski definition) is 1. The van der Waals surface area contributed by atoms with E-state index in [1.807, 2.05) is 0 Å². The Morgan fingerprint density at radius 2 is 1.85 bits per heavy atom. The molecule has 0 rings (SSSR count). The van der Waals surface area contributed by atoms with E-state index >= 15 is 0 Å². The lowest BCUT2D eigenvalue weighted by molar-refractivity contribution is -0.136. The molecule has 0 spiro atoms. The Bertz CT molecular complexity index is 308. The topological polar surface area (TPSA) is 63.6 Å². The zero-order chi connectivity index (χ0) is 16.0. The van der Waals surface area contributed by atoms with Crippen LogP contribution in [0.15, 0.2) is 24.8 Å². The second kappa shape index (κ2) is 13.8. The first-order chi connectivity index (χ1) is 9.42. The first kappa shape index (κ1) is 20.7. The number of methoxy groups -OCH3 is 1. The van der Waals surface area contributed by atoms with E-state index in [0.29, 0.717) is 11.5 Å². The molecular formula is C16H28O4. The number of carboxylic acid groups (broad SMARTS) is 1. The summed E-state index contributed by atoms with van der Waals surface area (Å²) in [6.45, 7) is 11.1. The molecule has 0 bridgehead atoms. The minimum Gasteiger partial charge on any atom is -0.478 e. The average Bonchev–Trinajstić information content (AvgIpc) is 2.45. The van der Waals surface area contributed by atoms with E-state index in [2.05, 4.69) is 31.7 Å². The molecule has 0 amide bonds. The van der Waals surface area contributed by atoms with Gasteiger partial charge in [0.1, 0.15) is 0 Å². The molecule has 4 nitrogen and oxygen atoms in total. The maximum Gasteiger partial charge on any atom is 0.333 e. The summed E-state index contributed by atoms with van der Waals surface area (Å²) in [5.41, 5.74) is 0.612. The van der Waals surface area contributed by atoms with Crippen LogP contribution in [0.1, 0.15) is 52.4 Å². The number of unbranched alkanes of at least 4 members (excludes halogenated alkanes) is 2. The van der Waals surface area contributed by atoms with Crippen LogP contribution in [0.5, 0.6) is 0 Å². The average molecular weight is 284 g/mol. The van der Waals surface area contributed by atoms with E-state index in [-0.39, 0.29) is 5.97 Å². The van der Waals surface area contributed by atoms with Gasteiger partial charge >= 0.3 is 11.9 Å². The van der Waals surface area contributed by atoms with Gasteiger partial charge in [0.2, 0.25) is 0 Å². The minimum absolute atomic E-state index is 0.260. The molecule has 4 heteroatoms. The van der Waals surface area contributed by atoms with Crippen molar-refractivity contribution in [3.8, 4) is 0 Å². The summed E-state index contributed by atoms with van der Waals surface area (Å²) in [6, 6.07) is 0. The van der Waals surface area contributed by atoms with Crippen molar-refractivity contribution in [2.75, 3.05) is 7.11 Å². The van der Waals surface area contributed by atoms with Gasteiger partial charge in [-0.15, -0.1) is 0 Å². The van der Waals surface area contributed by atoms with Crippen LogP contribution in [0.2, 0.25) is 0 Å². The molecule has 0 aliphatic rings. The van der Waals surface area contributed by atoms with Crippen molar-refractivity contribution in [1.29, 1.82) is 0 Å². The van der Waals surface area contributed by atoms with Crippen LogP contribution in [0.25, 0.3) is 0 Å². The van der Waals surface area contributed by atoms with Crippen molar-refractivity contribution >= 4 is 11.9 Å². The summed E-state index contributed by atoms with van der Waals surface area (Å²) in [5.74, 6) is -0.655. The van der Waals surface area contributed by atoms with Gasteiger partial charge < -0.3 is 9.84 Å². The summed E-state index contributed by atoms with van der Waals surface area (Å²) < 4.78 is 4.64. The number of hydrogen-bond acceptors (Lipinski definition) is 3. The molecule has 0 fully saturated rings. The highest BCUT2D eigenvalue weighted by Crippen LogP contribution is 2.21. The fourth-order valence-electron chi connectivity index (χ4n) is 1.71. The van der Waals surface area contributed by atoms with Crippen molar-refractivity contribution in [2.24, 2.45) is 5.92 Å². The number of aliphatic carboxylic acids is 1. The number of ether oxygens (including phenoxy) is 1. The quantitative estimate of drug-likeness (QED) is 0.395. The van der Waals surface area contributed by atoms with Crippen molar-refractivity contribution in [2.45, 2.75) is 52.4 Å². The van der Waals surface area contributed by atoms with E-state index < -0.39 is 5.97 Å². The molecule has 0 aliphatic carbocycles. The third-order valence-electron chi connectivity index (χ3n) is 2.98. The second-order valence-corrected chi connectivity index (χ2v) is 4.61. The molecule has 116 valence electrons. The van der Waals surface area contributed by atoms with Gasteiger partial charge in [-0.3, -0.25) is 0 Å². The van der Waals surface area contributed by atoms with Crippen LogP contribution in [-0.4, -0.2) is 24.2 Å². The molecule has 1 atom stereocenters. The van der Waals surface area contributed by atoms with Crippen molar-refractivity contribution in [3.63, 3.8) is 0 Å². The normalized spacial score (nSPS) is 10.8. The maximum absolute atomic E-state index is 11.2. The Kier molecular flexibility index (Phi) is 14.3. The Labute approximate surface area is 122 Å². The molecule has 0 aromatic heterocycles. The van der Waals surface area contributed by atoms with Crippen molar-refractivity contribution < 1.29 is 19.4 Å². The lowest BCUT2D eigenvalue weighted by Gasteiger charge is -2.14. The van der Waals surface area contributed by atoms with Crippen LogP contribution < -0.4 is 0 Å². The number of carbonyl (C=O) groups excluding carboxylic acids is 1. The highest BCUT2D eigenvalue weighted by atomic mass is 16.5. The van der Waals surface area contributed by atoms with Gasteiger partial charge in [0.25, 0.3) is 0 Å². The number of esters is 1. The molecular weight excluding hydrogens is 256 g/mol. The summed E-state index contributed by atoms with van der Waals surface area (Å²) in [5, 5.41) is 7.60. The van der Waals surface area contributed by atoms with E-state index in [1.165, 1.54) is 32.8 Å². The predicted octanol–water partition coefficient (Wildman–Crippen LogP) is 3.97. The molecule has 0 saturated heterocycles. The van der Waals surface area contributed by atoms with Gasteiger partial charge in [0, 0.05) is 11.6 Å². The number of carboxylic acids is 1. The Morgan fingerprint density at radius 3 is 2.20 bits per heavy atom. The largest absolute Gasteiger partial charge is 0.478 e. The van der Waals surface area contributed by atoms with E-state index in [0.717, 1.165) is 18.9 Å². The lowest BCUT2D eigenvalue weighted by Crippen LogP contribution is -2.09. The van der Waals surface area contributed by atoms with E-state index in [4.69, 9.17) is 5.11 Å². The zero-order valence-electron chi connectivity index (χ0n) is 13.0. The van der Waals surface area contributed by atoms with Gasteiger partial charge in [-0.1, -0.05) is 59.1 Å². The summed E-state index contributed by atoms with van der Waals surface area (Å²) in [7, 11) is 1.41. The highest BCUT2D eigenvalue weighted by Gasteiger charge is 2.13. The number of carbonyl (C=O) groups is 2. The van der Waals surface area contributed by atoms with Crippen molar-refractivity contribution in [1.82, 2.24) is 0 Å². The predicted molar refractivity (Wildman–Crippen MR) is 81.5 cm³/mol. The molecule has 20 heavy (non-hydrogen) atoms. The standard InChI is InChI=1S/C13H24O2.C3H4O2/c1-5-7-8-9-12(6-2)10-11(3)13(14)15-4;1-2-3(4)5/h12H,3,5-10H2,1-2,4H3;2H,1H2,(H,4,5). The molecule has 0 aromatic carbocycles. The Morgan fingerprint density at radius 1 is 1.30 bits per heavy atom. The van der Waals surface area contributed by atoms with Crippen LogP contribution in [0.4, 0.5) is 0 Å². The van der Waals surface area contributed by atoms with Gasteiger partial charge in [0.15, 0.2) is 0 Å². The zero-order valence-corrected chi connectivity index (χ0v) is 13.0. The highest BCUT2D eigenvalue weighted by molar-refractivity contribution is 5.87. The first-order valence-corrected chi connectivity index (χ1v) is 7.04. The van der Waals surface area contributed by atoms with Gasteiger partial charge in [-0.2, -0.15) is 0 Å². The SMILES string of the molecule is C=C(CC(CC)CCCCC)C(=O)OC.C=CC(=O)O. The minimum atomic E-state index is -0.981. The van der Waals surface area contributed by atoms with Crippen LogP contribution >= 0.6 is 0 Å². The summed E-state index contributed by atoms with van der Waals surface area (Å²) in [6.07, 6.45) is 7.70. The van der Waals surface area contributed by atoms with Crippen molar-refractivity contribution in [3.05, 3.63) is 24.8 Å². The second-order valence-electron chi connectivity index (χ2n) is 4.61. The molecule has 1 N–H and O–H groups in total. The van der Waals surface area contributed by atoms with E-state index in [1.54, 1.807) is 0 Å². The fraction of sp³-hybridized carbons (Fsp3) is 0.625. The third-order valence-corrected chi connectivity index (χ3v) is 2.98. The lowest BCUT2D eigenvalue weighted by atomic mass is 9.92. The molecule has 0 radical (unpaired) electrons. The molecule has 0 aliphatic heterocycles. The summed E-state index contributed by atoms with van der Waals surface area (Å²) in [4.78, 5) is 20.4. The number of rotatable bonds is 9. The van der Waals surface area contributed by atoms with Crippen LogP contribution in [0, 0.1) is 5.92 Å². The Hall–Kier alpha value is -1.58. The molecule has 0 saturated carbocycles. The summed E-state index contributed by atoms with van der Waals surface area (Å²) >= 11 is 0. The molecule has 0 heterocycles. The van der Waals surface area contributed by atoms with E-state index in [9.17, 15) is 9.59 Å². The first-order valence-electron chi connectivity index (χ1n) is 7.04. The molecule has 0 aromatic rings.